The van der Waals surface area contributed by atoms with Gasteiger partial charge in [0, 0.05) is 13.2 Å². The van der Waals surface area contributed by atoms with E-state index >= 15 is 0 Å². The third kappa shape index (κ3) is 10.4. The molecule has 0 fully saturated rings. The molecule has 0 radical (unpaired) electrons. The topological polar surface area (TPSA) is 29.5 Å². The lowest BCUT2D eigenvalue weighted by molar-refractivity contribution is 0.258. The van der Waals surface area contributed by atoms with Crippen LogP contribution in [-0.4, -0.2) is 26.6 Å². The van der Waals surface area contributed by atoms with Crippen molar-refractivity contribution in [3.63, 3.8) is 0 Å². The first kappa shape index (κ1) is 15.1. The van der Waals surface area contributed by atoms with Crippen LogP contribution in [0, 0.1) is 5.41 Å². The first-order chi connectivity index (χ1) is 6.77. The van der Waals surface area contributed by atoms with E-state index in [1.165, 1.54) is 6.04 Å². The molecule has 0 spiro atoms. The molecule has 0 aliphatic heterocycles. The van der Waals surface area contributed by atoms with Crippen LogP contribution < -0.4 is 0 Å². The van der Waals surface area contributed by atoms with Crippen molar-refractivity contribution >= 4 is 8.32 Å². The fraction of sp³-hybridized carbons (Fsp3) is 1.00. The Balaban J connectivity index is 3.65. The molecule has 0 aliphatic rings. The molecule has 3 heteroatoms. The Hall–Kier alpha value is 0.137. The molecule has 0 saturated heterocycles. The molecule has 0 aromatic rings. The summed E-state index contributed by atoms with van der Waals surface area (Å²) in [5, 5.41) is 8.65. The van der Waals surface area contributed by atoms with E-state index < -0.39 is 8.32 Å². The van der Waals surface area contributed by atoms with Crippen molar-refractivity contribution < 1.29 is 9.53 Å². The third-order valence-corrected chi connectivity index (χ3v) is 5.15. The highest BCUT2D eigenvalue weighted by Crippen LogP contribution is 2.28. The molecule has 0 unspecified atom stereocenters. The molecule has 0 amide bonds. The van der Waals surface area contributed by atoms with Crippen LogP contribution >= 0.6 is 0 Å². The fourth-order valence-electron chi connectivity index (χ4n) is 2.07. The van der Waals surface area contributed by atoms with Gasteiger partial charge in [-0.15, -0.1) is 0 Å². The van der Waals surface area contributed by atoms with E-state index in [1.807, 2.05) is 0 Å². The van der Waals surface area contributed by atoms with Gasteiger partial charge in [0.15, 0.2) is 8.32 Å². The molecule has 0 heterocycles. The van der Waals surface area contributed by atoms with Gasteiger partial charge in [-0.05, 0) is 43.8 Å². The van der Waals surface area contributed by atoms with Crippen LogP contribution in [0.5, 0.6) is 0 Å². The Morgan fingerprint density at radius 3 is 2.13 bits per heavy atom. The molecule has 92 valence electrons. The van der Waals surface area contributed by atoms with Gasteiger partial charge in [-0.1, -0.05) is 20.8 Å². The van der Waals surface area contributed by atoms with Crippen LogP contribution in [0.1, 0.15) is 40.0 Å². The molecule has 0 bridgehead atoms. The minimum absolute atomic E-state index is 0.308. The predicted molar refractivity (Wildman–Crippen MR) is 68.6 cm³/mol. The maximum absolute atomic E-state index is 8.65. The predicted octanol–water partition coefficient (Wildman–Crippen LogP) is 3.42. The first-order valence-electron chi connectivity index (χ1n) is 6.02. The number of unbranched alkanes of at least 4 members (excludes halogenated alkanes) is 2. The van der Waals surface area contributed by atoms with Crippen LogP contribution in [0.25, 0.3) is 0 Å². The van der Waals surface area contributed by atoms with Crippen molar-refractivity contribution in [2.45, 2.75) is 59.2 Å². The summed E-state index contributed by atoms with van der Waals surface area (Å²) in [4.78, 5) is 0. The van der Waals surface area contributed by atoms with E-state index in [2.05, 4.69) is 33.9 Å². The second-order valence-electron chi connectivity index (χ2n) is 6.13. The average molecular weight is 232 g/mol. The van der Waals surface area contributed by atoms with Gasteiger partial charge in [-0.2, -0.15) is 0 Å². The van der Waals surface area contributed by atoms with E-state index in [4.69, 9.17) is 9.53 Å². The van der Waals surface area contributed by atoms with Crippen LogP contribution in [0.4, 0.5) is 0 Å². The maximum Gasteiger partial charge on any atom is 0.187 e. The zero-order valence-corrected chi connectivity index (χ0v) is 12.1. The number of aliphatic hydroxyl groups is 1. The minimum atomic E-state index is -1.46. The van der Waals surface area contributed by atoms with Crippen molar-refractivity contribution in [2.75, 3.05) is 13.2 Å². The second kappa shape index (κ2) is 6.66. The van der Waals surface area contributed by atoms with Gasteiger partial charge in [0.25, 0.3) is 0 Å². The summed E-state index contributed by atoms with van der Waals surface area (Å²) in [6.07, 6.45) is 3.07. The summed E-state index contributed by atoms with van der Waals surface area (Å²) in [6, 6.07) is 1.21. The summed E-state index contributed by atoms with van der Waals surface area (Å²) in [5.74, 6) is 0. The Kier molecular flexibility index (Phi) is 6.72. The normalized spacial score (nSPS) is 13.2. The molecule has 0 aromatic heterocycles. The van der Waals surface area contributed by atoms with Gasteiger partial charge >= 0.3 is 0 Å². The summed E-state index contributed by atoms with van der Waals surface area (Å²) < 4.78 is 6.01. The van der Waals surface area contributed by atoms with E-state index in [0.717, 1.165) is 25.9 Å². The molecule has 0 aliphatic carbocycles. The Morgan fingerprint density at radius 2 is 1.67 bits per heavy atom. The van der Waals surface area contributed by atoms with Crippen LogP contribution in [0.2, 0.25) is 19.1 Å². The van der Waals surface area contributed by atoms with Crippen LogP contribution in [0.3, 0.4) is 0 Å². The van der Waals surface area contributed by atoms with E-state index in [9.17, 15) is 0 Å². The molecule has 0 saturated carbocycles. The van der Waals surface area contributed by atoms with Crippen LogP contribution in [0.15, 0.2) is 0 Å². The Labute approximate surface area is 96.2 Å². The van der Waals surface area contributed by atoms with Crippen molar-refractivity contribution in [1.29, 1.82) is 0 Å². The van der Waals surface area contributed by atoms with Crippen molar-refractivity contribution in [3.8, 4) is 0 Å². The Bertz CT molecular complexity index is 161. The zero-order chi connectivity index (χ0) is 11.9. The zero-order valence-electron chi connectivity index (χ0n) is 11.1. The quantitative estimate of drug-likeness (QED) is 0.538. The SMILES string of the molecule is CC(C)(C)C[Si](C)(C)OCCCCCO. The minimum Gasteiger partial charge on any atom is -0.417 e. The van der Waals surface area contributed by atoms with Crippen LogP contribution in [-0.2, 0) is 4.43 Å². The lowest BCUT2D eigenvalue weighted by atomic mass is 10.0. The third-order valence-electron chi connectivity index (χ3n) is 2.25. The highest BCUT2D eigenvalue weighted by molar-refractivity contribution is 6.71. The van der Waals surface area contributed by atoms with Crippen molar-refractivity contribution in [3.05, 3.63) is 0 Å². The first-order valence-corrected chi connectivity index (χ1v) is 9.13. The van der Waals surface area contributed by atoms with Crippen molar-refractivity contribution in [1.82, 2.24) is 0 Å². The second-order valence-corrected chi connectivity index (χ2v) is 10.3. The van der Waals surface area contributed by atoms with E-state index in [0.29, 0.717) is 12.0 Å². The number of hydrogen-bond donors (Lipinski definition) is 1. The van der Waals surface area contributed by atoms with Gasteiger partial charge in [0.1, 0.15) is 0 Å². The standard InChI is InChI=1S/C12H28O2Si/c1-12(2,3)11-15(4,5)14-10-8-6-7-9-13/h13H,6-11H2,1-5H3. The van der Waals surface area contributed by atoms with Gasteiger partial charge in [0.2, 0.25) is 0 Å². The van der Waals surface area contributed by atoms with Crippen molar-refractivity contribution in [2.24, 2.45) is 5.41 Å². The lowest BCUT2D eigenvalue weighted by Gasteiger charge is -2.30. The molecule has 0 rings (SSSR count). The fourth-order valence-corrected chi connectivity index (χ4v) is 5.42. The van der Waals surface area contributed by atoms with Gasteiger partial charge < -0.3 is 9.53 Å². The van der Waals surface area contributed by atoms with E-state index in [-0.39, 0.29) is 0 Å². The molecule has 2 nitrogen and oxygen atoms in total. The Morgan fingerprint density at radius 1 is 1.07 bits per heavy atom. The summed E-state index contributed by atoms with van der Waals surface area (Å²) in [6.45, 7) is 12.6. The molecule has 1 N–H and O–H groups in total. The smallest absolute Gasteiger partial charge is 0.187 e. The summed E-state index contributed by atoms with van der Waals surface area (Å²) >= 11 is 0. The average Bonchev–Trinajstić information content (AvgIpc) is 1.99. The molecule has 0 atom stereocenters. The maximum atomic E-state index is 8.65. The highest BCUT2D eigenvalue weighted by atomic mass is 28.4. The number of rotatable bonds is 7. The van der Waals surface area contributed by atoms with Gasteiger partial charge in [-0.3, -0.25) is 0 Å². The number of hydrogen-bond acceptors (Lipinski definition) is 2. The monoisotopic (exact) mass is 232 g/mol. The summed E-state index contributed by atoms with van der Waals surface area (Å²) in [7, 11) is -1.46. The largest absolute Gasteiger partial charge is 0.417 e. The summed E-state index contributed by atoms with van der Waals surface area (Å²) in [5.41, 5.74) is 0.376. The number of aliphatic hydroxyl groups excluding tert-OH is 1. The lowest BCUT2D eigenvalue weighted by Crippen LogP contribution is -2.35. The molecular formula is C12H28O2Si. The molecular weight excluding hydrogens is 204 g/mol. The molecule has 0 aromatic carbocycles. The highest BCUT2D eigenvalue weighted by Gasteiger charge is 2.28. The van der Waals surface area contributed by atoms with Gasteiger partial charge in [0.05, 0.1) is 0 Å². The molecule has 15 heavy (non-hydrogen) atoms. The van der Waals surface area contributed by atoms with Gasteiger partial charge in [-0.25, -0.2) is 0 Å². The van der Waals surface area contributed by atoms with E-state index in [1.54, 1.807) is 0 Å².